The zero-order valence-electron chi connectivity index (χ0n) is 9.57. The van der Waals surface area contributed by atoms with Gasteiger partial charge in [-0.05, 0) is 40.0 Å². The van der Waals surface area contributed by atoms with E-state index in [9.17, 15) is 9.90 Å². The van der Waals surface area contributed by atoms with Crippen LogP contribution < -0.4 is 5.73 Å². The molecule has 0 unspecified atom stereocenters. The Kier molecular flexibility index (Phi) is 3.33. The van der Waals surface area contributed by atoms with Crippen LogP contribution in [0.15, 0.2) is 16.6 Å². The smallest absolute Gasteiger partial charge is 0.271 e. The van der Waals surface area contributed by atoms with Crippen molar-refractivity contribution >= 4 is 21.8 Å². The summed E-state index contributed by atoms with van der Waals surface area (Å²) in [7, 11) is 0. The fourth-order valence-corrected chi connectivity index (χ4v) is 2.14. The summed E-state index contributed by atoms with van der Waals surface area (Å²) in [6, 6.07) is 3.56. The second kappa shape index (κ2) is 4.77. The summed E-state index contributed by atoms with van der Waals surface area (Å²) in [6.45, 7) is 1.99. The molecule has 0 aliphatic rings. The average Bonchev–Trinajstić information content (AvgIpc) is 2.81. The molecule has 0 bridgehead atoms. The van der Waals surface area contributed by atoms with Crippen LogP contribution in [0.2, 0.25) is 0 Å². The predicted octanol–water partition coefficient (Wildman–Crippen LogP) is 1.60. The van der Waals surface area contributed by atoms with Crippen LogP contribution in [0.5, 0.6) is 5.75 Å². The quantitative estimate of drug-likeness (QED) is 0.800. The predicted molar refractivity (Wildman–Crippen MR) is 69.1 cm³/mol. The SMILES string of the molecule is CCc1cc(Br)c(O)c(-c2n[nH]nc2C(N)=O)c1. The number of phenols is 1. The van der Waals surface area contributed by atoms with Gasteiger partial charge >= 0.3 is 0 Å². The molecular formula is C11H11BrN4O2. The normalized spacial score (nSPS) is 10.6. The van der Waals surface area contributed by atoms with Crippen molar-refractivity contribution in [2.24, 2.45) is 5.73 Å². The number of rotatable bonds is 3. The van der Waals surface area contributed by atoms with E-state index in [0.717, 1.165) is 12.0 Å². The van der Waals surface area contributed by atoms with Crippen molar-refractivity contribution in [3.8, 4) is 17.0 Å². The molecule has 0 spiro atoms. The monoisotopic (exact) mass is 310 g/mol. The second-order valence-electron chi connectivity index (χ2n) is 3.71. The Hall–Kier alpha value is -1.89. The van der Waals surface area contributed by atoms with Crippen molar-refractivity contribution in [1.29, 1.82) is 0 Å². The highest BCUT2D eigenvalue weighted by molar-refractivity contribution is 9.10. The van der Waals surface area contributed by atoms with Gasteiger partial charge in [-0.3, -0.25) is 4.79 Å². The van der Waals surface area contributed by atoms with Gasteiger partial charge in [0.15, 0.2) is 5.69 Å². The van der Waals surface area contributed by atoms with Crippen molar-refractivity contribution in [2.45, 2.75) is 13.3 Å². The van der Waals surface area contributed by atoms with Crippen LogP contribution >= 0.6 is 15.9 Å². The number of aromatic nitrogens is 3. The lowest BCUT2D eigenvalue weighted by Gasteiger charge is -2.07. The third kappa shape index (κ3) is 2.08. The van der Waals surface area contributed by atoms with Gasteiger partial charge < -0.3 is 10.8 Å². The number of aryl methyl sites for hydroxylation is 1. The number of amides is 1. The van der Waals surface area contributed by atoms with E-state index in [4.69, 9.17) is 5.73 Å². The molecule has 0 saturated carbocycles. The van der Waals surface area contributed by atoms with E-state index in [-0.39, 0.29) is 17.1 Å². The number of hydrogen-bond donors (Lipinski definition) is 3. The summed E-state index contributed by atoms with van der Waals surface area (Å²) in [4.78, 5) is 11.2. The molecule has 6 nitrogen and oxygen atoms in total. The van der Waals surface area contributed by atoms with Crippen molar-refractivity contribution in [3.63, 3.8) is 0 Å². The van der Waals surface area contributed by atoms with E-state index in [2.05, 4.69) is 31.3 Å². The van der Waals surface area contributed by atoms with Gasteiger partial charge in [-0.1, -0.05) is 6.92 Å². The standard InChI is InChI=1S/C11H11BrN4O2/c1-2-5-3-6(10(17)7(12)4-5)8-9(11(13)18)15-16-14-8/h3-4,17H,2H2,1H3,(H2,13,18)(H,14,15,16). The van der Waals surface area contributed by atoms with Crippen LogP contribution in [0, 0.1) is 0 Å². The van der Waals surface area contributed by atoms with E-state index in [0.29, 0.717) is 10.0 Å². The summed E-state index contributed by atoms with van der Waals surface area (Å²) >= 11 is 3.26. The first kappa shape index (κ1) is 12.6. The van der Waals surface area contributed by atoms with Gasteiger partial charge in [0.05, 0.1) is 4.47 Å². The molecule has 4 N–H and O–H groups in total. The minimum absolute atomic E-state index is 0.00333. The Balaban J connectivity index is 2.66. The molecule has 0 aliphatic heterocycles. The Labute approximate surface area is 111 Å². The molecule has 0 radical (unpaired) electrons. The number of nitrogens with zero attached hydrogens (tertiary/aromatic N) is 2. The molecule has 7 heteroatoms. The lowest BCUT2D eigenvalue weighted by molar-refractivity contribution is 0.0996. The third-order valence-corrected chi connectivity index (χ3v) is 3.17. The van der Waals surface area contributed by atoms with Gasteiger partial charge in [0.2, 0.25) is 0 Å². The molecule has 0 atom stereocenters. The zero-order valence-corrected chi connectivity index (χ0v) is 11.2. The molecular weight excluding hydrogens is 300 g/mol. The number of carbonyl (C=O) groups excluding carboxylic acids is 1. The topological polar surface area (TPSA) is 105 Å². The number of carbonyl (C=O) groups is 1. The summed E-state index contributed by atoms with van der Waals surface area (Å²) in [5.41, 5.74) is 6.87. The average molecular weight is 311 g/mol. The number of nitrogens with two attached hydrogens (primary N) is 1. The van der Waals surface area contributed by atoms with Gasteiger partial charge in [-0.25, -0.2) is 0 Å². The minimum Gasteiger partial charge on any atom is -0.506 e. The Morgan fingerprint density at radius 3 is 2.83 bits per heavy atom. The second-order valence-corrected chi connectivity index (χ2v) is 4.57. The molecule has 1 aromatic carbocycles. The molecule has 94 valence electrons. The number of primary amides is 1. The number of halogens is 1. The molecule has 1 heterocycles. The van der Waals surface area contributed by atoms with Crippen molar-refractivity contribution in [2.75, 3.05) is 0 Å². The van der Waals surface area contributed by atoms with E-state index in [1.54, 1.807) is 6.07 Å². The van der Waals surface area contributed by atoms with Crippen LogP contribution in [0.4, 0.5) is 0 Å². The molecule has 0 saturated heterocycles. The lowest BCUT2D eigenvalue weighted by Crippen LogP contribution is -2.12. The van der Waals surface area contributed by atoms with Crippen LogP contribution in [0.1, 0.15) is 23.0 Å². The van der Waals surface area contributed by atoms with E-state index in [1.807, 2.05) is 13.0 Å². The summed E-state index contributed by atoms with van der Waals surface area (Å²) in [5.74, 6) is -0.695. The maximum Gasteiger partial charge on any atom is 0.271 e. The molecule has 2 aromatic rings. The van der Waals surface area contributed by atoms with Crippen molar-refractivity contribution < 1.29 is 9.90 Å². The highest BCUT2D eigenvalue weighted by Crippen LogP contribution is 2.36. The largest absolute Gasteiger partial charge is 0.506 e. The van der Waals surface area contributed by atoms with Crippen LogP contribution in [-0.2, 0) is 6.42 Å². The highest BCUT2D eigenvalue weighted by Gasteiger charge is 2.19. The molecule has 1 amide bonds. The number of aromatic amines is 1. The maximum absolute atomic E-state index is 11.2. The Bertz CT molecular complexity index is 609. The molecule has 1 aromatic heterocycles. The van der Waals surface area contributed by atoms with Gasteiger partial charge in [0, 0.05) is 5.56 Å². The highest BCUT2D eigenvalue weighted by atomic mass is 79.9. The number of nitrogens with one attached hydrogen (secondary N) is 1. The minimum atomic E-state index is -0.698. The summed E-state index contributed by atoms with van der Waals surface area (Å²) in [5, 5.41) is 19.9. The van der Waals surface area contributed by atoms with Gasteiger partial charge in [-0.2, -0.15) is 15.4 Å². The first-order chi connectivity index (χ1) is 8.54. The first-order valence-corrected chi connectivity index (χ1v) is 6.06. The van der Waals surface area contributed by atoms with Gasteiger partial charge in [0.1, 0.15) is 11.4 Å². The lowest BCUT2D eigenvalue weighted by atomic mass is 10.0. The number of benzene rings is 1. The Morgan fingerprint density at radius 1 is 1.50 bits per heavy atom. The number of hydrogen-bond acceptors (Lipinski definition) is 4. The van der Waals surface area contributed by atoms with Crippen molar-refractivity contribution in [3.05, 3.63) is 27.9 Å². The number of phenolic OH excluding ortho intramolecular Hbond substituents is 1. The fourth-order valence-electron chi connectivity index (χ4n) is 1.63. The Morgan fingerprint density at radius 2 is 2.22 bits per heavy atom. The first-order valence-electron chi connectivity index (χ1n) is 5.27. The molecule has 0 aliphatic carbocycles. The van der Waals surface area contributed by atoms with E-state index < -0.39 is 5.91 Å². The van der Waals surface area contributed by atoms with E-state index >= 15 is 0 Å². The van der Waals surface area contributed by atoms with E-state index in [1.165, 1.54) is 0 Å². The number of aromatic hydroxyl groups is 1. The molecule has 0 fully saturated rings. The molecule has 2 rings (SSSR count). The summed E-state index contributed by atoms with van der Waals surface area (Å²) < 4.78 is 0.537. The van der Waals surface area contributed by atoms with Crippen LogP contribution in [0.25, 0.3) is 11.3 Å². The van der Waals surface area contributed by atoms with Crippen LogP contribution in [0.3, 0.4) is 0 Å². The van der Waals surface area contributed by atoms with Crippen LogP contribution in [-0.4, -0.2) is 26.4 Å². The van der Waals surface area contributed by atoms with Crippen molar-refractivity contribution in [1.82, 2.24) is 15.4 Å². The maximum atomic E-state index is 11.2. The molecule has 18 heavy (non-hydrogen) atoms. The fraction of sp³-hybridized carbons (Fsp3) is 0.182. The van der Waals surface area contributed by atoms with Gasteiger partial charge in [-0.15, -0.1) is 0 Å². The zero-order chi connectivity index (χ0) is 13.3. The third-order valence-electron chi connectivity index (χ3n) is 2.57. The van der Waals surface area contributed by atoms with Gasteiger partial charge in [0.25, 0.3) is 5.91 Å². The summed E-state index contributed by atoms with van der Waals surface area (Å²) in [6.07, 6.45) is 0.787. The number of H-pyrrole nitrogens is 1.